The fourth-order valence-corrected chi connectivity index (χ4v) is 3.46. The molecule has 0 aliphatic heterocycles. The molecule has 1 atom stereocenters. The van der Waals surface area contributed by atoms with Gasteiger partial charge in [-0.15, -0.1) is 11.3 Å². The Balaban J connectivity index is 1.70. The highest BCUT2D eigenvalue weighted by Gasteiger charge is 2.16. The van der Waals surface area contributed by atoms with E-state index in [2.05, 4.69) is 52.9 Å². The molecule has 0 saturated heterocycles. The summed E-state index contributed by atoms with van der Waals surface area (Å²) in [5.41, 5.74) is 2.84. The summed E-state index contributed by atoms with van der Waals surface area (Å²) in [7, 11) is 0. The number of nitrogens with zero attached hydrogens (tertiary/aromatic N) is 1. The quantitative estimate of drug-likeness (QED) is 0.630. The second kappa shape index (κ2) is 8.25. The first-order chi connectivity index (χ1) is 12.1. The predicted molar refractivity (Wildman–Crippen MR) is 103 cm³/mol. The van der Waals surface area contributed by atoms with Crippen molar-refractivity contribution >= 4 is 34.5 Å². The van der Waals surface area contributed by atoms with E-state index in [9.17, 15) is 4.79 Å². The first-order valence-corrected chi connectivity index (χ1v) is 9.13. The molecule has 4 nitrogen and oxygen atoms in total. The first kappa shape index (κ1) is 17.6. The molecule has 2 N–H and O–H groups in total. The van der Waals surface area contributed by atoms with Gasteiger partial charge < -0.3 is 5.32 Å². The predicted octanol–water partition coefficient (Wildman–Crippen LogP) is 4.42. The van der Waals surface area contributed by atoms with Crippen molar-refractivity contribution in [1.29, 1.82) is 0 Å². The maximum absolute atomic E-state index is 12.3. The Bertz CT molecular complexity index is 834. The number of carbonyl (C=O) groups excluding carboxylic acids is 1. The van der Waals surface area contributed by atoms with E-state index in [1.165, 1.54) is 5.56 Å². The zero-order chi connectivity index (χ0) is 17.6. The summed E-state index contributed by atoms with van der Waals surface area (Å²) < 4.78 is 0. The molecule has 1 amide bonds. The Hall–Kier alpha value is -2.21. The van der Waals surface area contributed by atoms with Crippen molar-refractivity contribution in [1.82, 2.24) is 10.3 Å². The SMILES string of the molecule is Cc1ccc([C@@H](NCC(=O)Nc2cccnc2Cl)c2cccs2)cc1. The first-order valence-electron chi connectivity index (χ1n) is 7.87. The third-order valence-corrected chi connectivity index (χ3v) is 4.98. The van der Waals surface area contributed by atoms with Crippen molar-refractivity contribution in [3.8, 4) is 0 Å². The number of pyridine rings is 1. The maximum Gasteiger partial charge on any atom is 0.238 e. The zero-order valence-corrected chi connectivity index (χ0v) is 15.3. The summed E-state index contributed by atoms with van der Waals surface area (Å²) in [5, 5.41) is 8.43. The van der Waals surface area contributed by atoms with Crippen LogP contribution in [0.5, 0.6) is 0 Å². The Labute approximate surface area is 155 Å². The van der Waals surface area contributed by atoms with Crippen LogP contribution in [-0.2, 0) is 4.79 Å². The van der Waals surface area contributed by atoms with Crippen LogP contribution in [0.2, 0.25) is 5.15 Å². The van der Waals surface area contributed by atoms with Gasteiger partial charge in [0.15, 0.2) is 5.15 Å². The number of nitrogens with one attached hydrogen (secondary N) is 2. The van der Waals surface area contributed by atoms with Gasteiger partial charge in [-0.3, -0.25) is 10.1 Å². The number of halogens is 1. The highest BCUT2D eigenvalue weighted by molar-refractivity contribution is 7.10. The molecular weight excluding hydrogens is 354 g/mol. The molecule has 2 heterocycles. The van der Waals surface area contributed by atoms with Gasteiger partial charge >= 0.3 is 0 Å². The summed E-state index contributed by atoms with van der Waals surface area (Å²) in [6.07, 6.45) is 1.58. The minimum Gasteiger partial charge on any atom is -0.322 e. The van der Waals surface area contributed by atoms with Crippen LogP contribution in [-0.4, -0.2) is 17.4 Å². The van der Waals surface area contributed by atoms with Gasteiger partial charge in [-0.2, -0.15) is 0 Å². The molecule has 3 aromatic rings. The van der Waals surface area contributed by atoms with Gasteiger partial charge in [0.05, 0.1) is 18.3 Å². The van der Waals surface area contributed by atoms with E-state index in [0.29, 0.717) is 5.69 Å². The summed E-state index contributed by atoms with van der Waals surface area (Å²) in [6.45, 7) is 2.23. The van der Waals surface area contributed by atoms with Crippen molar-refractivity contribution < 1.29 is 4.79 Å². The van der Waals surface area contributed by atoms with Crippen LogP contribution in [0.3, 0.4) is 0 Å². The van der Waals surface area contributed by atoms with Crippen LogP contribution >= 0.6 is 22.9 Å². The number of carbonyl (C=O) groups is 1. The lowest BCUT2D eigenvalue weighted by atomic mass is 10.0. The number of aryl methyl sites for hydroxylation is 1. The van der Waals surface area contributed by atoms with Gasteiger partial charge in [0.25, 0.3) is 0 Å². The highest BCUT2D eigenvalue weighted by Crippen LogP contribution is 2.26. The molecule has 2 aromatic heterocycles. The summed E-state index contributed by atoms with van der Waals surface area (Å²) in [5.74, 6) is -0.163. The Kier molecular flexibility index (Phi) is 5.81. The number of rotatable bonds is 6. The van der Waals surface area contributed by atoms with Crippen LogP contribution in [0, 0.1) is 6.92 Å². The lowest BCUT2D eigenvalue weighted by Gasteiger charge is -2.18. The lowest BCUT2D eigenvalue weighted by Crippen LogP contribution is -2.31. The van der Waals surface area contributed by atoms with Gasteiger partial charge in [-0.25, -0.2) is 4.98 Å². The monoisotopic (exact) mass is 371 g/mol. The smallest absolute Gasteiger partial charge is 0.238 e. The molecular formula is C19H18ClN3OS. The van der Waals surface area contributed by atoms with Crippen molar-refractivity contribution in [2.24, 2.45) is 0 Å². The molecule has 6 heteroatoms. The van der Waals surface area contributed by atoms with Gasteiger partial charge in [0.1, 0.15) is 0 Å². The Morgan fingerprint density at radius 1 is 1.20 bits per heavy atom. The minimum absolute atomic E-state index is 0.0317. The van der Waals surface area contributed by atoms with Crippen LogP contribution in [0.1, 0.15) is 22.0 Å². The number of thiophene rings is 1. The van der Waals surface area contributed by atoms with Gasteiger partial charge in [-0.1, -0.05) is 47.5 Å². The second-order valence-corrected chi connectivity index (χ2v) is 6.97. The summed E-state index contributed by atoms with van der Waals surface area (Å²) >= 11 is 7.64. The van der Waals surface area contributed by atoms with E-state index in [1.54, 1.807) is 29.7 Å². The molecule has 0 aliphatic rings. The Morgan fingerprint density at radius 2 is 2.00 bits per heavy atom. The summed E-state index contributed by atoms with van der Waals surface area (Å²) in [6, 6.07) is 15.8. The third-order valence-electron chi connectivity index (χ3n) is 3.74. The number of benzene rings is 1. The largest absolute Gasteiger partial charge is 0.322 e. The van der Waals surface area contributed by atoms with E-state index in [0.717, 1.165) is 10.4 Å². The summed E-state index contributed by atoms with van der Waals surface area (Å²) in [4.78, 5) is 17.4. The van der Waals surface area contributed by atoms with Crippen molar-refractivity contribution in [3.05, 3.63) is 81.3 Å². The van der Waals surface area contributed by atoms with Gasteiger partial charge in [-0.05, 0) is 36.1 Å². The van der Waals surface area contributed by atoms with Crippen molar-refractivity contribution in [2.75, 3.05) is 11.9 Å². The average Bonchev–Trinajstić information content (AvgIpc) is 3.13. The van der Waals surface area contributed by atoms with Crippen LogP contribution in [0.15, 0.2) is 60.1 Å². The third kappa shape index (κ3) is 4.66. The molecule has 0 fully saturated rings. The van der Waals surface area contributed by atoms with Gasteiger partial charge in [0.2, 0.25) is 5.91 Å². The van der Waals surface area contributed by atoms with Crippen LogP contribution in [0.25, 0.3) is 0 Å². The molecule has 128 valence electrons. The van der Waals surface area contributed by atoms with E-state index in [4.69, 9.17) is 11.6 Å². The molecule has 0 spiro atoms. The van der Waals surface area contributed by atoms with Crippen LogP contribution in [0.4, 0.5) is 5.69 Å². The molecule has 1 aromatic carbocycles. The van der Waals surface area contributed by atoms with Gasteiger partial charge in [0, 0.05) is 11.1 Å². The maximum atomic E-state index is 12.3. The number of anilines is 1. The topological polar surface area (TPSA) is 54.0 Å². The molecule has 0 bridgehead atoms. The van der Waals surface area contributed by atoms with Crippen LogP contribution < -0.4 is 10.6 Å². The fourth-order valence-electron chi connectivity index (χ4n) is 2.47. The van der Waals surface area contributed by atoms with Crippen molar-refractivity contribution in [2.45, 2.75) is 13.0 Å². The van der Waals surface area contributed by atoms with E-state index in [1.807, 2.05) is 11.4 Å². The fraction of sp³-hybridized carbons (Fsp3) is 0.158. The normalized spacial score (nSPS) is 11.9. The molecule has 0 radical (unpaired) electrons. The molecule has 25 heavy (non-hydrogen) atoms. The van der Waals surface area contributed by atoms with Crippen molar-refractivity contribution in [3.63, 3.8) is 0 Å². The highest BCUT2D eigenvalue weighted by atomic mass is 35.5. The Morgan fingerprint density at radius 3 is 2.68 bits per heavy atom. The average molecular weight is 372 g/mol. The number of amides is 1. The number of hydrogen-bond acceptors (Lipinski definition) is 4. The molecule has 0 aliphatic carbocycles. The molecule has 3 rings (SSSR count). The molecule has 0 unspecified atom stereocenters. The number of hydrogen-bond donors (Lipinski definition) is 2. The zero-order valence-electron chi connectivity index (χ0n) is 13.7. The number of aromatic nitrogens is 1. The minimum atomic E-state index is -0.163. The standard InChI is InChI=1S/C19H18ClN3OS/c1-13-6-8-14(9-7-13)18(16-5-3-11-25-16)22-12-17(24)23-15-4-2-10-21-19(15)20/h2-11,18,22H,12H2,1H3,(H,23,24)/t18-/m1/s1. The second-order valence-electron chi connectivity index (χ2n) is 5.63. The van der Waals surface area contributed by atoms with E-state index >= 15 is 0 Å². The molecule has 0 saturated carbocycles. The van der Waals surface area contributed by atoms with E-state index in [-0.39, 0.29) is 23.6 Å². The lowest BCUT2D eigenvalue weighted by molar-refractivity contribution is -0.115. The van der Waals surface area contributed by atoms with E-state index < -0.39 is 0 Å².